The second-order valence-electron chi connectivity index (χ2n) is 6.35. The predicted molar refractivity (Wildman–Crippen MR) is 115 cm³/mol. The van der Waals surface area contributed by atoms with Crippen LogP contribution in [0.2, 0.25) is 5.02 Å². The van der Waals surface area contributed by atoms with Crippen LogP contribution in [0.15, 0.2) is 64.7 Å². The Balaban J connectivity index is 1.55. The third-order valence-electron chi connectivity index (χ3n) is 4.13. The highest BCUT2D eigenvalue weighted by molar-refractivity contribution is 7.99. The molecule has 2 aromatic carbocycles. The summed E-state index contributed by atoms with van der Waals surface area (Å²) >= 11 is 7.09. The number of benzene rings is 2. The van der Waals surface area contributed by atoms with Gasteiger partial charge in [0.05, 0.1) is 17.6 Å². The van der Waals surface area contributed by atoms with Gasteiger partial charge >= 0.3 is 0 Å². The third-order valence-corrected chi connectivity index (χ3v) is 5.25. The van der Waals surface area contributed by atoms with Gasteiger partial charge in [-0.1, -0.05) is 35.5 Å². The Hall–Kier alpha value is -3.10. The molecular weight excluding hydrogens is 410 g/mol. The molecule has 0 aliphatic carbocycles. The molecule has 7 nitrogen and oxygen atoms in total. The van der Waals surface area contributed by atoms with Crippen molar-refractivity contribution in [2.75, 3.05) is 11.1 Å². The second-order valence-corrected chi connectivity index (χ2v) is 7.75. The lowest BCUT2D eigenvalue weighted by molar-refractivity contribution is -0.113. The van der Waals surface area contributed by atoms with Crippen LogP contribution in [0.5, 0.6) is 0 Å². The SMILES string of the molecule is Cc1cccc(NC(=O)CSc2nc3c(cnn3-c3ccc(Cl)cc3)c(=O)[nH]2)c1. The molecule has 0 bridgehead atoms. The van der Waals surface area contributed by atoms with Gasteiger partial charge in [-0.25, -0.2) is 9.67 Å². The van der Waals surface area contributed by atoms with E-state index in [1.54, 1.807) is 28.9 Å². The van der Waals surface area contributed by atoms with Crippen molar-refractivity contribution >= 4 is 46.0 Å². The first-order chi connectivity index (χ1) is 14.0. The molecule has 2 heterocycles. The van der Waals surface area contributed by atoms with E-state index in [0.717, 1.165) is 28.7 Å². The van der Waals surface area contributed by atoms with E-state index in [4.69, 9.17) is 11.6 Å². The fraction of sp³-hybridized carbons (Fsp3) is 0.100. The number of hydrogen-bond acceptors (Lipinski definition) is 5. The third kappa shape index (κ3) is 4.33. The molecular formula is C20H16ClN5O2S. The maximum absolute atomic E-state index is 12.4. The minimum atomic E-state index is -0.309. The van der Waals surface area contributed by atoms with Gasteiger partial charge in [0.25, 0.3) is 5.56 Å². The molecule has 0 saturated carbocycles. The van der Waals surface area contributed by atoms with E-state index in [-0.39, 0.29) is 17.2 Å². The largest absolute Gasteiger partial charge is 0.325 e. The Morgan fingerprint density at radius 1 is 1.24 bits per heavy atom. The quantitative estimate of drug-likeness (QED) is 0.374. The fourth-order valence-corrected chi connectivity index (χ4v) is 3.57. The summed E-state index contributed by atoms with van der Waals surface area (Å²) in [5.74, 6) is -0.0770. The van der Waals surface area contributed by atoms with E-state index in [1.807, 2.05) is 31.2 Å². The number of carbonyl (C=O) groups excluding carboxylic acids is 1. The van der Waals surface area contributed by atoms with Crippen LogP contribution >= 0.6 is 23.4 Å². The zero-order valence-corrected chi connectivity index (χ0v) is 16.9. The topological polar surface area (TPSA) is 92.7 Å². The van der Waals surface area contributed by atoms with Crippen molar-refractivity contribution in [3.8, 4) is 5.69 Å². The van der Waals surface area contributed by atoms with Crippen LogP contribution in [-0.4, -0.2) is 31.4 Å². The highest BCUT2D eigenvalue weighted by atomic mass is 35.5. The van der Waals surface area contributed by atoms with Gasteiger partial charge in [-0.3, -0.25) is 9.59 Å². The second kappa shape index (κ2) is 8.10. The molecule has 0 fully saturated rings. The Morgan fingerprint density at radius 3 is 2.79 bits per heavy atom. The lowest BCUT2D eigenvalue weighted by Crippen LogP contribution is -2.15. The van der Waals surface area contributed by atoms with Crippen molar-refractivity contribution in [1.82, 2.24) is 19.7 Å². The molecule has 29 heavy (non-hydrogen) atoms. The van der Waals surface area contributed by atoms with E-state index in [0.29, 0.717) is 21.2 Å². The van der Waals surface area contributed by atoms with Crippen molar-refractivity contribution in [3.63, 3.8) is 0 Å². The minimum absolute atomic E-state index is 0.109. The molecule has 4 rings (SSSR count). The number of aryl methyl sites for hydroxylation is 1. The van der Waals surface area contributed by atoms with Gasteiger partial charge in [-0.15, -0.1) is 0 Å². The van der Waals surface area contributed by atoms with Gasteiger partial charge in [-0.05, 0) is 48.9 Å². The number of aromatic nitrogens is 4. The van der Waals surface area contributed by atoms with Crippen LogP contribution in [-0.2, 0) is 4.79 Å². The molecule has 2 aromatic heterocycles. The number of hydrogen-bond donors (Lipinski definition) is 2. The molecule has 0 aliphatic rings. The number of carbonyl (C=O) groups is 1. The summed E-state index contributed by atoms with van der Waals surface area (Å²) in [6.07, 6.45) is 1.47. The number of fused-ring (bicyclic) bond motifs is 1. The van der Waals surface area contributed by atoms with E-state index >= 15 is 0 Å². The molecule has 9 heteroatoms. The highest BCUT2D eigenvalue weighted by Gasteiger charge is 2.13. The van der Waals surface area contributed by atoms with Crippen molar-refractivity contribution in [2.24, 2.45) is 0 Å². The Kier molecular flexibility index (Phi) is 5.37. The summed E-state index contributed by atoms with van der Waals surface area (Å²) in [4.78, 5) is 31.8. The number of H-pyrrole nitrogens is 1. The van der Waals surface area contributed by atoms with Crippen LogP contribution in [0.25, 0.3) is 16.7 Å². The van der Waals surface area contributed by atoms with Crippen LogP contribution in [0.3, 0.4) is 0 Å². The number of anilines is 1. The van der Waals surface area contributed by atoms with Crippen molar-refractivity contribution < 1.29 is 4.79 Å². The number of halogens is 1. The van der Waals surface area contributed by atoms with Gasteiger partial charge in [0.15, 0.2) is 10.8 Å². The molecule has 1 amide bonds. The van der Waals surface area contributed by atoms with E-state index in [1.165, 1.54) is 6.20 Å². The average molecular weight is 426 g/mol. The number of aromatic amines is 1. The lowest BCUT2D eigenvalue weighted by atomic mass is 10.2. The number of rotatable bonds is 5. The Bertz CT molecular complexity index is 1250. The van der Waals surface area contributed by atoms with E-state index in [2.05, 4.69) is 20.4 Å². The highest BCUT2D eigenvalue weighted by Crippen LogP contribution is 2.19. The van der Waals surface area contributed by atoms with Crippen LogP contribution in [0, 0.1) is 6.92 Å². The zero-order valence-electron chi connectivity index (χ0n) is 15.3. The molecule has 0 atom stereocenters. The van der Waals surface area contributed by atoms with Crippen molar-refractivity contribution in [3.05, 3.63) is 75.7 Å². The summed E-state index contributed by atoms with van der Waals surface area (Å²) < 4.78 is 1.57. The van der Waals surface area contributed by atoms with Gasteiger partial charge < -0.3 is 10.3 Å². The van der Waals surface area contributed by atoms with E-state index < -0.39 is 0 Å². The molecule has 0 aliphatic heterocycles. The van der Waals surface area contributed by atoms with E-state index in [9.17, 15) is 9.59 Å². The maximum atomic E-state index is 12.4. The standard InChI is InChI=1S/C20H16ClN5O2S/c1-12-3-2-4-14(9-12)23-17(27)11-29-20-24-18-16(19(28)25-20)10-22-26(18)15-7-5-13(21)6-8-15/h2-10H,11H2,1H3,(H,23,27)(H,24,25,28). The first-order valence-electron chi connectivity index (χ1n) is 8.73. The number of thioether (sulfide) groups is 1. The van der Waals surface area contributed by atoms with Crippen LogP contribution in [0.4, 0.5) is 5.69 Å². The normalized spacial score (nSPS) is 11.0. The molecule has 0 unspecified atom stereocenters. The Morgan fingerprint density at radius 2 is 2.03 bits per heavy atom. The molecule has 4 aromatic rings. The van der Waals surface area contributed by atoms with Crippen LogP contribution < -0.4 is 10.9 Å². The summed E-state index contributed by atoms with van der Waals surface area (Å²) in [5, 5.41) is 8.41. The maximum Gasteiger partial charge on any atom is 0.262 e. The lowest BCUT2D eigenvalue weighted by Gasteiger charge is -2.06. The number of amides is 1. The fourth-order valence-electron chi connectivity index (χ4n) is 2.79. The predicted octanol–water partition coefficient (Wildman–Crippen LogP) is 3.80. The Labute approximate surface area is 175 Å². The zero-order chi connectivity index (χ0) is 20.4. The number of nitrogens with zero attached hydrogens (tertiary/aromatic N) is 3. The monoisotopic (exact) mass is 425 g/mol. The van der Waals surface area contributed by atoms with Gasteiger partial charge in [-0.2, -0.15) is 5.10 Å². The molecule has 146 valence electrons. The van der Waals surface area contributed by atoms with Gasteiger partial charge in [0, 0.05) is 10.7 Å². The van der Waals surface area contributed by atoms with Crippen molar-refractivity contribution in [2.45, 2.75) is 12.1 Å². The molecule has 0 radical (unpaired) electrons. The molecule has 0 spiro atoms. The molecule has 2 N–H and O–H groups in total. The molecule has 0 saturated heterocycles. The first kappa shape index (κ1) is 19.2. The number of nitrogens with one attached hydrogen (secondary N) is 2. The first-order valence-corrected chi connectivity index (χ1v) is 10.1. The summed E-state index contributed by atoms with van der Waals surface area (Å²) in [6.45, 7) is 1.96. The van der Waals surface area contributed by atoms with Gasteiger partial charge in [0.2, 0.25) is 5.91 Å². The summed E-state index contributed by atoms with van der Waals surface area (Å²) in [6, 6.07) is 14.6. The summed E-state index contributed by atoms with van der Waals surface area (Å²) in [5.41, 5.74) is 2.63. The minimum Gasteiger partial charge on any atom is -0.325 e. The van der Waals surface area contributed by atoms with Gasteiger partial charge in [0.1, 0.15) is 5.39 Å². The smallest absolute Gasteiger partial charge is 0.262 e. The van der Waals surface area contributed by atoms with Crippen molar-refractivity contribution in [1.29, 1.82) is 0 Å². The summed E-state index contributed by atoms with van der Waals surface area (Å²) in [7, 11) is 0. The average Bonchev–Trinajstić information content (AvgIpc) is 3.12. The van der Waals surface area contributed by atoms with Crippen LogP contribution in [0.1, 0.15) is 5.56 Å².